The maximum atomic E-state index is 12.0. The zero-order valence-electron chi connectivity index (χ0n) is 8.68. The Balaban J connectivity index is 3.04. The van der Waals surface area contributed by atoms with E-state index in [0.717, 1.165) is 12.1 Å². The summed E-state index contributed by atoms with van der Waals surface area (Å²) in [4.78, 5) is 11.4. The van der Waals surface area contributed by atoms with Gasteiger partial charge in [-0.05, 0) is 12.1 Å². The van der Waals surface area contributed by atoms with Crippen molar-refractivity contribution in [2.75, 3.05) is 12.4 Å². The molecule has 0 N–H and O–H groups in total. The minimum Gasteiger partial charge on any atom is -0.496 e. The lowest BCUT2D eigenvalue weighted by atomic mass is 10.1. The molecule has 0 spiro atoms. The van der Waals surface area contributed by atoms with Gasteiger partial charge in [0.1, 0.15) is 11.5 Å². The Morgan fingerprint density at radius 1 is 1.41 bits per heavy atom. The number of alkyl halides is 4. The van der Waals surface area contributed by atoms with E-state index in [1.807, 2.05) is 0 Å². The molecule has 1 aromatic rings. The molecule has 0 unspecified atom stereocenters. The molecule has 0 aliphatic rings. The fraction of sp³-hybridized carbons (Fsp3) is 0.300. The van der Waals surface area contributed by atoms with Gasteiger partial charge in [0.15, 0.2) is 5.78 Å². The topological polar surface area (TPSA) is 35.5 Å². The van der Waals surface area contributed by atoms with Crippen LogP contribution in [0.2, 0.25) is 0 Å². The van der Waals surface area contributed by atoms with E-state index in [2.05, 4.69) is 20.7 Å². The maximum absolute atomic E-state index is 12.0. The Morgan fingerprint density at radius 2 is 2.06 bits per heavy atom. The summed E-state index contributed by atoms with van der Waals surface area (Å²) in [6.07, 6.45) is -4.77. The molecule has 0 bridgehead atoms. The van der Waals surface area contributed by atoms with E-state index in [1.165, 1.54) is 13.2 Å². The summed E-state index contributed by atoms with van der Waals surface area (Å²) in [6, 6.07) is 3.30. The number of carbonyl (C=O) groups excluding carboxylic acids is 1. The van der Waals surface area contributed by atoms with Crippen molar-refractivity contribution in [3.63, 3.8) is 0 Å². The van der Waals surface area contributed by atoms with Crippen molar-refractivity contribution >= 4 is 21.7 Å². The number of benzene rings is 1. The number of ketones is 1. The quantitative estimate of drug-likeness (QED) is 0.633. The van der Waals surface area contributed by atoms with Crippen LogP contribution in [0.15, 0.2) is 18.2 Å². The predicted octanol–water partition coefficient (Wildman–Crippen LogP) is 3.17. The zero-order chi connectivity index (χ0) is 13.1. The van der Waals surface area contributed by atoms with Crippen molar-refractivity contribution in [1.82, 2.24) is 0 Å². The first-order valence-corrected chi connectivity index (χ1v) is 5.52. The highest BCUT2D eigenvalue weighted by molar-refractivity contribution is 9.09. The van der Waals surface area contributed by atoms with Gasteiger partial charge in [0, 0.05) is 6.07 Å². The van der Waals surface area contributed by atoms with Crippen LogP contribution in [0.4, 0.5) is 13.2 Å². The number of halogens is 4. The third-order valence-corrected chi connectivity index (χ3v) is 2.34. The molecular formula is C10H8BrF3O3. The van der Waals surface area contributed by atoms with Crippen LogP contribution >= 0.6 is 15.9 Å². The first-order chi connectivity index (χ1) is 7.87. The number of ether oxygens (including phenoxy) is 2. The van der Waals surface area contributed by atoms with Gasteiger partial charge in [-0.3, -0.25) is 4.79 Å². The van der Waals surface area contributed by atoms with Crippen molar-refractivity contribution < 1.29 is 27.4 Å². The molecule has 0 aliphatic heterocycles. The van der Waals surface area contributed by atoms with Crippen LogP contribution in [-0.2, 0) is 0 Å². The second kappa shape index (κ2) is 5.39. The fourth-order valence-electron chi connectivity index (χ4n) is 1.17. The minimum atomic E-state index is -4.77. The van der Waals surface area contributed by atoms with Gasteiger partial charge in [0.2, 0.25) is 0 Å². The highest BCUT2D eigenvalue weighted by Crippen LogP contribution is 2.29. The van der Waals surface area contributed by atoms with Gasteiger partial charge in [-0.1, -0.05) is 15.9 Å². The number of rotatable bonds is 4. The van der Waals surface area contributed by atoms with Crippen LogP contribution < -0.4 is 9.47 Å². The van der Waals surface area contributed by atoms with Gasteiger partial charge < -0.3 is 9.47 Å². The second-order valence-electron chi connectivity index (χ2n) is 2.97. The summed E-state index contributed by atoms with van der Waals surface area (Å²) in [5.74, 6) is -0.683. The van der Waals surface area contributed by atoms with Crippen LogP contribution in [0, 0.1) is 0 Å². The standard InChI is InChI=1S/C10H8BrF3O3/c1-16-9-4-6(17-10(12,13)14)2-3-7(9)8(15)5-11/h2-4H,5H2,1H3. The van der Waals surface area contributed by atoms with Crippen LogP contribution in [0.5, 0.6) is 11.5 Å². The molecule has 0 amide bonds. The molecule has 0 fully saturated rings. The van der Waals surface area contributed by atoms with Gasteiger partial charge in [0.25, 0.3) is 0 Å². The van der Waals surface area contributed by atoms with E-state index in [9.17, 15) is 18.0 Å². The lowest BCUT2D eigenvalue weighted by Crippen LogP contribution is -2.17. The zero-order valence-corrected chi connectivity index (χ0v) is 10.3. The average molecular weight is 313 g/mol. The Labute approximate surface area is 104 Å². The summed E-state index contributed by atoms with van der Waals surface area (Å²) >= 11 is 2.97. The lowest BCUT2D eigenvalue weighted by Gasteiger charge is -2.11. The van der Waals surface area contributed by atoms with Gasteiger partial charge in [0.05, 0.1) is 18.0 Å². The van der Waals surface area contributed by atoms with Crippen molar-refractivity contribution in [1.29, 1.82) is 0 Å². The summed E-state index contributed by atoms with van der Waals surface area (Å²) in [7, 11) is 1.26. The molecule has 0 radical (unpaired) electrons. The normalized spacial score (nSPS) is 11.1. The molecular weight excluding hydrogens is 305 g/mol. The van der Waals surface area contributed by atoms with Crippen LogP contribution in [0.25, 0.3) is 0 Å². The smallest absolute Gasteiger partial charge is 0.496 e. The molecule has 3 nitrogen and oxygen atoms in total. The molecule has 17 heavy (non-hydrogen) atoms. The van der Waals surface area contributed by atoms with E-state index >= 15 is 0 Å². The van der Waals surface area contributed by atoms with E-state index in [0.29, 0.717) is 0 Å². The summed E-state index contributed by atoms with van der Waals surface area (Å²) in [6.45, 7) is 0. The Morgan fingerprint density at radius 3 is 2.53 bits per heavy atom. The van der Waals surface area contributed by atoms with Crippen molar-refractivity contribution in [2.45, 2.75) is 6.36 Å². The van der Waals surface area contributed by atoms with Gasteiger partial charge in [-0.25, -0.2) is 0 Å². The predicted molar refractivity (Wildman–Crippen MR) is 57.8 cm³/mol. The molecule has 0 aromatic heterocycles. The molecule has 0 atom stereocenters. The molecule has 7 heteroatoms. The number of hydrogen-bond donors (Lipinski definition) is 0. The minimum absolute atomic E-state index is 0.0381. The summed E-state index contributed by atoms with van der Waals surface area (Å²) in [5, 5.41) is 0.0584. The molecule has 0 aliphatic carbocycles. The molecule has 1 aromatic carbocycles. The lowest BCUT2D eigenvalue weighted by molar-refractivity contribution is -0.274. The number of hydrogen-bond acceptors (Lipinski definition) is 3. The van der Waals surface area contributed by atoms with Crippen LogP contribution in [0.1, 0.15) is 10.4 Å². The second-order valence-corrected chi connectivity index (χ2v) is 3.53. The first kappa shape index (κ1) is 13.8. The maximum Gasteiger partial charge on any atom is 0.573 e. The number of carbonyl (C=O) groups is 1. The highest BCUT2D eigenvalue weighted by Gasteiger charge is 2.31. The molecule has 0 saturated heterocycles. The van der Waals surface area contributed by atoms with E-state index in [1.54, 1.807) is 0 Å². The van der Waals surface area contributed by atoms with Gasteiger partial charge in [-0.15, -0.1) is 13.2 Å². The summed E-state index contributed by atoms with van der Waals surface area (Å²) in [5.41, 5.74) is 0.193. The SMILES string of the molecule is COc1cc(OC(F)(F)F)ccc1C(=O)CBr. The van der Waals surface area contributed by atoms with Gasteiger partial charge >= 0.3 is 6.36 Å². The molecule has 94 valence electrons. The Kier molecular flexibility index (Phi) is 4.39. The van der Waals surface area contributed by atoms with E-state index < -0.39 is 12.1 Å². The van der Waals surface area contributed by atoms with Crippen molar-refractivity contribution in [3.8, 4) is 11.5 Å². The van der Waals surface area contributed by atoms with Gasteiger partial charge in [-0.2, -0.15) is 0 Å². The molecule has 0 heterocycles. The fourth-order valence-corrected chi connectivity index (χ4v) is 1.47. The monoisotopic (exact) mass is 312 g/mol. The average Bonchev–Trinajstić information content (AvgIpc) is 2.25. The van der Waals surface area contributed by atoms with Crippen molar-refractivity contribution in [3.05, 3.63) is 23.8 Å². The van der Waals surface area contributed by atoms with E-state index in [4.69, 9.17) is 4.74 Å². The largest absolute Gasteiger partial charge is 0.573 e. The molecule has 0 saturated carbocycles. The summed E-state index contributed by atoms with van der Waals surface area (Å²) < 4.78 is 44.4. The third-order valence-electron chi connectivity index (χ3n) is 1.83. The third kappa shape index (κ3) is 3.92. The Bertz CT molecular complexity index is 418. The van der Waals surface area contributed by atoms with Crippen LogP contribution in [0.3, 0.4) is 0 Å². The first-order valence-electron chi connectivity index (χ1n) is 4.40. The Hall–Kier alpha value is -1.24. The highest BCUT2D eigenvalue weighted by atomic mass is 79.9. The van der Waals surface area contributed by atoms with Crippen LogP contribution in [-0.4, -0.2) is 24.6 Å². The van der Waals surface area contributed by atoms with Crippen molar-refractivity contribution in [2.24, 2.45) is 0 Å². The number of methoxy groups -OCH3 is 1. The van der Waals surface area contributed by atoms with E-state index in [-0.39, 0.29) is 22.4 Å². The number of Topliss-reactive ketones (excluding diaryl/α,β-unsaturated/α-hetero) is 1. The molecule has 1 rings (SSSR count).